The Morgan fingerprint density at radius 3 is 2.62 bits per heavy atom. The molecular formula is C21H15IO4. The first-order valence-corrected chi connectivity index (χ1v) is 8.85. The minimum Gasteiger partial charge on any atom is -0.504 e. The molecule has 0 unspecified atom stereocenters. The van der Waals surface area contributed by atoms with Gasteiger partial charge >= 0.3 is 0 Å². The number of aromatic hydroxyl groups is 1. The van der Waals surface area contributed by atoms with Crippen molar-refractivity contribution in [3.05, 3.63) is 74.4 Å². The predicted molar refractivity (Wildman–Crippen MR) is 111 cm³/mol. The molecular weight excluding hydrogens is 443 g/mol. The fraction of sp³-hybridized carbons (Fsp3) is 0.0476. The number of carbonyl (C=O) groups excluding carboxylic acids is 2. The zero-order chi connectivity index (χ0) is 18.8. The fourth-order valence-corrected chi connectivity index (χ4v) is 3.35. The van der Waals surface area contributed by atoms with Gasteiger partial charge in [0.05, 0.1) is 10.7 Å². The number of hydrogen-bond acceptors (Lipinski definition) is 4. The minimum absolute atomic E-state index is 0.0500. The Morgan fingerprint density at radius 1 is 1.15 bits per heavy atom. The van der Waals surface area contributed by atoms with Crippen molar-refractivity contribution >= 4 is 52.4 Å². The van der Waals surface area contributed by atoms with Crippen molar-refractivity contribution in [3.63, 3.8) is 0 Å². The van der Waals surface area contributed by atoms with Gasteiger partial charge in [-0.05, 0) is 57.5 Å². The van der Waals surface area contributed by atoms with Crippen LogP contribution in [-0.2, 0) is 0 Å². The smallest absolute Gasteiger partial charge is 0.200 e. The van der Waals surface area contributed by atoms with E-state index in [4.69, 9.17) is 4.74 Å². The van der Waals surface area contributed by atoms with E-state index in [1.807, 2.05) is 22.6 Å². The van der Waals surface area contributed by atoms with Crippen LogP contribution in [0.25, 0.3) is 18.2 Å². The van der Waals surface area contributed by atoms with E-state index < -0.39 is 0 Å². The maximum Gasteiger partial charge on any atom is 0.200 e. The molecule has 1 aliphatic rings. The number of phenolic OH excluding ortho intramolecular Hbond substituents is 1. The molecule has 26 heavy (non-hydrogen) atoms. The second-order valence-corrected chi connectivity index (χ2v) is 6.81. The summed E-state index contributed by atoms with van der Waals surface area (Å²) in [7, 11) is 1.48. The van der Waals surface area contributed by atoms with Crippen molar-refractivity contribution in [1.82, 2.24) is 0 Å². The average molecular weight is 458 g/mol. The monoisotopic (exact) mass is 458 g/mol. The van der Waals surface area contributed by atoms with Crippen molar-refractivity contribution < 1.29 is 19.4 Å². The van der Waals surface area contributed by atoms with Gasteiger partial charge in [-0.1, -0.05) is 36.9 Å². The molecule has 0 heterocycles. The molecule has 0 saturated heterocycles. The van der Waals surface area contributed by atoms with Crippen LogP contribution >= 0.6 is 22.6 Å². The lowest BCUT2D eigenvalue weighted by molar-refractivity contribution is 0.0992. The summed E-state index contributed by atoms with van der Waals surface area (Å²) in [6.07, 6.45) is 6.59. The third-order valence-corrected chi connectivity index (χ3v) is 4.91. The molecule has 0 atom stereocenters. The normalized spacial score (nSPS) is 13.5. The number of halogens is 1. The Labute approximate surface area is 164 Å². The number of hydrogen-bond donors (Lipinski definition) is 1. The highest BCUT2D eigenvalue weighted by atomic mass is 127. The van der Waals surface area contributed by atoms with Crippen LogP contribution in [0.15, 0.2) is 46.6 Å². The van der Waals surface area contributed by atoms with Crippen LogP contribution in [-0.4, -0.2) is 23.8 Å². The van der Waals surface area contributed by atoms with Crippen molar-refractivity contribution in [2.75, 3.05) is 7.11 Å². The highest BCUT2D eigenvalue weighted by Gasteiger charge is 2.27. The molecule has 0 radical (unpaired) electrons. The Hall–Kier alpha value is -2.67. The summed E-state index contributed by atoms with van der Waals surface area (Å²) in [5.74, 6) is 0.0521. The summed E-state index contributed by atoms with van der Waals surface area (Å²) in [6, 6.07) is 8.39. The number of benzene rings is 2. The maximum atomic E-state index is 12.7. The molecule has 1 N–H and O–H groups in total. The van der Waals surface area contributed by atoms with Crippen LogP contribution < -0.4 is 4.74 Å². The highest BCUT2D eigenvalue weighted by Crippen LogP contribution is 2.32. The van der Waals surface area contributed by atoms with Crippen molar-refractivity contribution in [2.45, 2.75) is 0 Å². The number of methoxy groups -OCH3 is 1. The van der Waals surface area contributed by atoms with Crippen LogP contribution in [0.4, 0.5) is 0 Å². The van der Waals surface area contributed by atoms with Gasteiger partial charge in [0.25, 0.3) is 0 Å². The third kappa shape index (κ3) is 3.22. The van der Waals surface area contributed by atoms with Gasteiger partial charge in [-0.25, -0.2) is 0 Å². The second-order valence-electron chi connectivity index (χ2n) is 5.65. The van der Waals surface area contributed by atoms with E-state index in [2.05, 4.69) is 6.58 Å². The number of carbonyl (C=O) groups is 2. The van der Waals surface area contributed by atoms with Crippen molar-refractivity contribution in [1.29, 1.82) is 0 Å². The van der Waals surface area contributed by atoms with Crippen LogP contribution in [0, 0.1) is 0 Å². The number of Topliss-reactive ketones (excluding diaryl/α,β-unsaturated/α-hetero) is 1. The summed E-state index contributed by atoms with van der Waals surface area (Å²) in [6.45, 7) is 3.80. The molecule has 0 bridgehead atoms. The molecule has 2 aromatic carbocycles. The van der Waals surface area contributed by atoms with Gasteiger partial charge in [0, 0.05) is 17.2 Å². The van der Waals surface area contributed by atoms with Gasteiger partial charge in [-0.15, -0.1) is 0 Å². The van der Waals surface area contributed by atoms with E-state index >= 15 is 0 Å². The van der Waals surface area contributed by atoms with Gasteiger partial charge in [0.2, 0.25) is 5.78 Å². The molecule has 3 rings (SSSR count). The van der Waals surface area contributed by atoms with Gasteiger partial charge in [-0.3, -0.25) is 9.59 Å². The Kier molecular flexibility index (Phi) is 5.08. The molecule has 4 nitrogen and oxygen atoms in total. The van der Waals surface area contributed by atoms with E-state index in [1.165, 1.54) is 19.3 Å². The molecule has 2 aromatic rings. The van der Waals surface area contributed by atoms with Crippen LogP contribution in [0.5, 0.6) is 11.5 Å². The quantitative estimate of drug-likeness (QED) is 0.523. The molecule has 130 valence electrons. The molecule has 0 amide bonds. The summed E-state index contributed by atoms with van der Waals surface area (Å²) in [4.78, 5) is 24.9. The zero-order valence-corrected chi connectivity index (χ0v) is 16.1. The SMILES string of the molecule is C=Cc1ccc2c(c1C=Cc1ccc(O)c(OC)c1)C(=O)C(I)=CC2=O. The summed E-state index contributed by atoms with van der Waals surface area (Å²) >= 11 is 1.88. The zero-order valence-electron chi connectivity index (χ0n) is 14.0. The predicted octanol–water partition coefficient (Wildman–Crippen LogP) is 4.91. The first kappa shape index (κ1) is 18.1. The lowest BCUT2D eigenvalue weighted by Gasteiger charge is -2.16. The molecule has 0 aliphatic heterocycles. The van der Waals surface area contributed by atoms with Gasteiger partial charge in [0.1, 0.15) is 0 Å². The number of fused-ring (bicyclic) bond motifs is 1. The van der Waals surface area contributed by atoms with E-state index in [9.17, 15) is 14.7 Å². The summed E-state index contributed by atoms with van der Waals surface area (Å²) in [5, 5.41) is 9.70. The summed E-state index contributed by atoms with van der Waals surface area (Å²) in [5.41, 5.74) is 2.97. The fourth-order valence-electron chi connectivity index (χ4n) is 2.80. The molecule has 0 saturated carbocycles. The van der Waals surface area contributed by atoms with E-state index in [-0.39, 0.29) is 17.3 Å². The van der Waals surface area contributed by atoms with Gasteiger partial charge < -0.3 is 9.84 Å². The highest BCUT2D eigenvalue weighted by molar-refractivity contribution is 14.1. The van der Waals surface area contributed by atoms with Crippen LogP contribution in [0.2, 0.25) is 0 Å². The Bertz CT molecular complexity index is 999. The van der Waals surface area contributed by atoms with E-state index in [1.54, 1.807) is 42.5 Å². The first-order chi connectivity index (χ1) is 12.5. The number of ether oxygens (including phenoxy) is 1. The molecule has 5 heteroatoms. The van der Waals surface area contributed by atoms with Crippen LogP contribution in [0.3, 0.4) is 0 Å². The van der Waals surface area contributed by atoms with E-state index in [0.717, 1.165) is 11.1 Å². The Morgan fingerprint density at radius 2 is 1.92 bits per heavy atom. The molecule has 1 aliphatic carbocycles. The van der Waals surface area contributed by atoms with Gasteiger partial charge in [0.15, 0.2) is 17.3 Å². The number of allylic oxidation sites excluding steroid dienone is 2. The average Bonchev–Trinajstić information content (AvgIpc) is 2.64. The topological polar surface area (TPSA) is 63.6 Å². The molecule has 0 fully saturated rings. The van der Waals surface area contributed by atoms with Crippen molar-refractivity contribution in [3.8, 4) is 11.5 Å². The number of phenols is 1. The van der Waals surface area contributed by atoms with Crippen LogP contribution in [0.1, 0.15) is 37.4 Å². The lowest BCUT2D eigenvalue weighted by atomic mass is 9.87. The number of rotatable bonds is 4. The standard InChI is InChI=1S/C21H15IO4/c1-3-13-6-8-15-18(24)11-16(22)21(25)20(15)14(13)7-4-12-5-9-17(23)19(10-12)26-2/h3-11,23H,1H2,2H3. The maximum absolute atomic E-state index is 12.7. The largest absolute Gasteiger partial charge is 0.504 e. The second kappa shape index (κ2) is 7.29. The molecule has 0 spiro atoms. The lowest BCUT2D eigenvalue weighted by Crippen LogP contribution is -2.16. The first-order valence-electron chi connectivity index (χ1n) is 7.77. The summed E-state index contributed by atoms with van der Waals surface area (Å²) < 4.78 is 5.50. The number of ketones is 2. The molecule has 0 aromatic heterocycles. The third-order valence-electron chi connectivity index (χ3n) is 4.11. The van der Waals surface area contributed by atoms with Crippen molar-refractivity contribution in [2.24, 2.45) is 0 Å². The van der Waals surface area contributed by atoms with E-state index in [0.29, 0.717) is 26.0 Å². The Balaban J connectivity index is 2.14. The minimum atomic E-state index is -0.180. The van der Waals surface area contributed by atoms with Gasteiger partial charge in [-0.2, -0.15) is 0 Å².